The maximum absolute atomic E-state index is 10.3. The summed E-state index contributed by atoms with van der Waals surface area (Å²) in [6, 6.07) is 4.17. The van der Waals surface area contributed by atoms with Gasteiger partial charge in [0.2, 0.25) is 0 Å². The number of hydrogen-bond donors (Lipinski definition) is 1. The van der Waals surface area contributed by atoms with Gasteiger partial charge in [-0.1, -0.05) is 17.7 Å². The standard InChI is InChI=1S/C14H17ClN2O2S2/c15-14-16-7-11(21-14)8-17-3-4-19-9-10(17)6-12(18)13-2-1-5-20-13/h1-2,5,7,10,12,18H,3-4,6,8-9H2. The van der Waals surface area contributed by atoms with Crippen LogP contribution in [-0.4, -0.2) is 40.8 Å². The average Bonchev–Trinajstić information content (AvgIpc) is 3.13. The lowest BCUT2D eigenvalue weighted by molar-refractivity contribution is -0.0292. The first kappa shape index (κ1) is 15.4. The highest BCUT2D eigenvalue weighted by molar-refractivity contribution is 7.15. The zero-order valence-corrected chi connectivity index (χ0v) is 13.8. The molecule has 114 valence electrons. The number of aliphatic hydroxyl groups excluding tert-OH is 1. The van der Waals surface area contributed by atoms with Crippen molar-refractivity contribution < 1.29 is 9.84 Å². The second kappa shape index (κ2) is 7.17. The predicted molar refractivity (Wildman–Crippen MR) is 86.0 cm³/mol. The molecule has 1 aliphatic heterocycles. The van der Waals surface area contributed by atoms with Gasteiger partial charge in [-0.15, -0.1) is 22.7 Å². The van der Waals surface area contributed by atoms with E-state index in [2.05, 4.69) is 9.88 Å². The molecular formula is C14H17ClN2O2S2. The van der Waals surface area contributed by atoms with Crippen molar-refractivity contribution in [3.05, 3.63) is 37.9 Å². The quantitative estimate of drug-likeness (QED) is 0.904. The minimum Gasteiger partial charge on any atom is -0.388 e. The number of aliphatic hydroxyl groups is 1. The van der Waals surface area contributed by atoms with Gasteiger partial charge in [0.05, 0.1) is 19.3 Å². The van der Waals surface area contributed by atoms with Gasteiger partial charge in [-0.05, 0) is 17.9 Å². The van der Waals surface area contributed by atoms with Crippen molar-refractivity contribution in [1.29, 1.82) is 0 Å². The average molecular weight is 345 g/mol. The van der Waals surface area contributed by atoms with Gasteiger partial charge in [0, 0.05) is 35.1 Å². The molecule has 1 N–H and O–H groups in total. The van der Waals surface area contributed by atoms with E-state index in [0.29, 0.717) is 17.5 Å². The number of halogens is 1. The van der Waals surface area contributed by atoms with Gasteiger partial charge >= 0.3 is 0 Å². The van der Waals surface area contributed by atoms with Crippen molar-refractivity contribution in [2.45, 2.75) is 25.1 Å². The topological polar surface area (TPSA) is 45.6 Å². The van der Waals surface area contributed by atoms with E-state index >= 15 is 0 Å². The van der Waals surface area contributed by atoms with Crippen LogP contribution in [0.5, 0.6) is 0 Å². The number of aromatic nitrogens is 1. The van der Waals surface area contributed by atoms with Gasteiger partial charge in [-0.2, -0.15) is 0 Å². The molecule has 0 spiro atoms. The summed E-state index contributed by atoms with van der Waals surface area (Å²) in [7, 11) is 0. The summed E-state index contributed by atoms with van der Waals surface area (Å²) in [4.78, 5) is 8.60. The fourth-order valence-corrected chi connectivity index (χ4v) is 4.25. The van der Waals surface area contributed by atoms with Crippen molar-refractivity contribution in [3.8, 4) is 0 Å². The minimum atomic E-state index is -0.427. The second-order valence-corrected chi connectivity index (χ2v) is 7.72. The second-order valence-electron chi connectivity index (χ2n) is 5.05. The molecular weight excluding hydrogens is 328 g/mol. The summed E-state index contributed by atoms with van der Waals surface area (Å²) in [6.45, 7) is 3.08. The lowest BCUT2D eigenvalue weighted by Gasteiger charge is -2.36. The Hall–Kier alpha value is -0.500. The molecule has 2 unspecified atom stereocenters. The Morgan fingerprint density at radius 1 is 1.57 bits per heavy atom. The highest BCUT2D eigenvalue weighted by Crippen LogP contribution is 2.27. The van der Waals surface area contributed by atoms with Crippen LogP contribution in [-0.2, 0) is 11.3 Å². The van der Waals surface area contributed by atoms with Crippen LogP contribution in [0.15, 0.2) is 23.7 Å². The molecule has 3 heterocycles. The van der Waals surface area contributed by atoms with Crippen LogP contribution >= 0.6 is 34.3 Å². The van der Waals surface area contributed by atoms with Crippen molar-refractivity contribution in [2.24, 2.45) is 0 Å². The van der Waals surface area contributed by atoms with Crippen LogP contribution in [0.3, 0.4) is 0 Å². The van der Waals surface area contributed by atoms with Crippen LogP contribution in [0, 0.1) is 0 Å². The monoisotopic (exact) mass is 344 g/mol. The molecule has 1 fully saturated rings. The number of hydrogen-bond acceptors (Lipinski definition) is 6. The Balaban J connectivity index is 1.63. The molecule has 1 saturated heterocycles. The molecule has 4 nitrogen and oxygen atoms in total. The largest absolute Gasteiger partial charge is 0.388 e. The number of nitrogens with zero attached hydrogens (tertiary/aromatic N) is 2. The fraction of sp³-hybridized carbons (Fsp3) is 0.500. The normalized spacial score (nSPS) is 21.5. The zero-order chi connectivity index (χ0) is 14.7. The van der Waals surface area contributed by atoms with Crippen molar-refractivity contribution in [2.75, 3.05) is 19.8 Å². The first-order chi connectivity index (χ1) is 10.2. The Kier molecular flexibility index (Phi) is 5.26. The Morgan fingerprint density at radius 3 is 3.19 bits per heavy atom. The van der Waals surface area contributed by atoms with E-state index in [-0.39, 0.29) is 6.04 Å². The van der Waals surface area contributed by atoms with E-state index < -0.39 is 6.10 Å². The van der Waals surface area contributed by atoms with Crippen LogP contribution in [0.25, 0.3) is 0 Å². The molecule has 0 aromatic carbocycles. The maximum Gasteiger partial charge on any atom is 0.183 e. The van der Waals surface area contributed by atoms with Gasteiger partial charge in [0.1, 0.15) is 0 Å². The van der Waals surface area contributed by atoms with E-state index in [1.165, 1.54) is 11.3 Å². The van der Waals surface area contributed by atoms with Gasteiger partial charge in [0.15, 0.2) is 4.47 Å². The van der Waals surface area contributed by atoms with Crippen LogP contribution in [0.1, 0.15) is 22.3 Å². The van der Waals surface area contributed by atoms with E-state index in [1.54, 1.807) is 11.3 Å². The number of rotatable bonds is 5. The third-order valence-corrected chi connectivity index (χ3v) is 5.67. The molecule has 7 heteroatoms. The summed E-state index contributed by atoms with van der Waals surface area (Å²) >= 11 is 9.00. The minimum absolute atomic E-state index is 0.219. The molecule has 2 aromatic heterocycles. The molecule has 0 radical (unpaired) electrons. The third-order valence-electron chi connectivity index (χ3n) is 3.60. The first-order valence-electron chi connectivity index (χ1n) is 6.86. The van der Waals surface area contributed by atoms with E-state index in [0.717, 1.165) is 29.5 Å². The highest BCUT2D eigenvalue weighted by Gasteiger charge is 2.26. The van der Waals surface area contributed by atoms with Crippen molar-refractivity contribution in [3.63, 3.8) is 0 Å². The molecule has 2 atom stereocenters. The van der Waals surface area contributed by atoms with Crippen LogP contribution in [0.2, 0.25) is 4.47 Å². The molecule has 1 aliphatic rings. The van der Waals surface area contributed by atoms with Crippen molar-refractivity contribution >= 4 is 34.3 Å². The van der Waals surface area contributed by atoms with Gasteiger partial charge in [0.25, 0.3) is 0 Å². The van der Waals surface area contributed by atoms with Gasteiger partial charge in [-0.25, -0.2) is 4.98 Å². The summed E-state index contributed by atoms with van der Waals surface area (Å²) in [5, 5.41) is 12.3. The van der Waals surface area contributed by atoms with Crippen molar-refractivity contribution in [1.82, 2.24) is 9.88 Å². The summed E-state index contributed by atoms with van der Waals surface area (Å²) < 4.78 is 6.16. The highest BCUT2D eigenvalue weighted by atomic mass is 35.5. The fourth-order valence-electron chi connectivity index (χ4n) is 2.53. The van der Waals surface area contributed by atoms with Crippen LogP contribution in [0.4, 0.5) is 0 Å². The summed E-state index contributed by atoms with van der Waals surface area (Å²) in [5.74, 6) is 0. The van der Waals surface area contributed by atoms with Gasteiger partial charge < -0.3 is 9.84 Å². The summed E-state index contributed by atoms with van der Waals surface area (Å²) in [5.41, 5.74) is 0. The molecule has 0 amide bonds. The number of ether oxygens (including phenoxy) is 1. The number of morpholine rings is 1. The van der Waals surface area contributed by atoms with Crippen LogP contribution < -0.4 is 0 Å². The maximum atomic E-state index is 10.3. The smallest absolute Gasteiger partial charge is 0.183 e. The zero-order valence-electron chi connectivity index (χ0n) is 11.4. The Morgan fingerprint density at radius 2 is 2.48 bits per heavy atom. The SMILES string of the molecule is OC(CC1COCCN1Cc1cnc(Cl)s1)c1cccs1. The third kappa shape index (κ3) is 4.03. The van der Waals surface area contributed by atoms with E-state index in [9.17, 15) is 5.11 Å². The lowest BCUT2D eigenvalue weighted by atomic mass is 10.1. The molecule has 0 saturated carbocycles. The Bertz CT molecular complexity index is 561. The molecule has 2 aromatic rings. The number of thiophene rings is 1. The molecule has 0 aliphatic carbocycles. The van der Waals surface area contributed by atoms with Gasteiger partial charge in [-0.3, -0.25) is 4.90 Å². The number of thiazole rings is 1. The first-order valence-corrected chi connectivity index (χ1v) is 8.93. The molecule has 21 heavy (non-hydrogen) atoms. The van der Waals surface area contributed by atoms with E-state index in [1.807, 2.05) is 23.7 Å². The molecule has 3 rings (SSSR count). The molecule has 0 bridgehead atoms. The Labute approximate surface area is 137 Å². The summed E-state index contributed by atoms with van der Waals surface area (Å²) in [6.07, 6.45) is 2.09. The van der Waals surface area contributed by atoms with E-state index in [4.69, 9.17) is 16.3 Å². The predicted octanol–water partition coefficient (Wildman–Crippen LogP) is 3.18. The lowest BCUT2D eigenvalue weighted by Crippen LogP contribution is -2.45.